The fourth-order valence-electron chi connectivity index (χ4n) is 2.21. The van der Waals surface area contributed by atoms with Crippen molar-refractivity contribution in [3.05, 3.63) is 18.0 Å². The minimum Gasteiger partial charge on any atom is -0.385 e. The zero-order valence-electron chi connectivity index (χ0n) is 11.9. The third-order valence-electron chi connectivity index (χ3n) is 3.37. The summed E-state index contributed by atoms with van der Waals surface area (Å²) in [6, 6.07) is 2.79. The van der Waals surface area contributed by atoms with Crippen molar-refractivity contribution in [1.29, 1.82) is 0 Å². The maximum atomic E-state index is 6.09. The Labute approximate surface area is 111 Å². The third kappa shape index (κ3) is 4.78. The van der Waals surface area contributed by atoms with E-state index >= 15 is 0 Å². The standard InChI is InChI=1S/C14H27N3O/c1-4-14(5-2)17-9-8-13(16-17)11-12(15)7-6-10-18-3/h8-9,12,14H,4-7,10-11,15H2,1-3H3. The topological polar surface area (TPSA) is 53.1 Å². The van der Waals surface area contributed by atoms with Gasteiger partial charge in [0.05, 0.1) is 11.7 Å². The van der Waals surface area contributed by atoms with Crippen LogP contribution in [-0.4, -0.2) is 29.5 Å². The summed E-state index contributed by atoms with van der Waals surface area (Å²) in [7, 11) is 1.73. The summed E-state index contributed by atoms with van der Waals surface area (Å²) in [5.41, 5.74) is 7.20. The Kier molecular flexibility index (Phi) is 6.98. The van der Waals surface area contributed by atoms with Gasteiger partial charge in [0.1, 0.15) is 0 Å². The summed E-state index contributed by atoms with van der Waals surface area (Å²) in [5, 5.41) is 4.63. The van der Waals surface area contributed by atoms with E-state index in [2.05, 4.69) is 35.9 Å². The van der Waals surface area contributed by atoms with Gasteiger partial charge in [-0.1, -0.05) is 13.8 Å². The van der Waals surface area contributed by atoms with E-state index in [-0.39, 0.29) is 6.04 Å². The molecule has 0 saturated heterocycles. The molecule has 0 spiro atoms. The number of hydrogen-bond donors (Lipinski definition) is 1. The van der Waals surface area contributed by atoms with E-state index in [0.29, 0.717) is 6.04 Å². The second-order valence-electron chi connectivity index (χ2n) is 4.86. The molecule has 0 aliphatic heterocycles. The van der Waals surface area contributed by atoms with Crippen LogP contribution in [-0.2, 0) is 11.2 Å². The van der Waals surface area contributed by atoms with Gasteiger partial charge in [-0.2, -0.15) is 5.10 Å². The maximum Gasteiger partial charge on any atom is 0.0640 e. The van der Waals surface area contributed by atoms with E-state index in [1.807, 2.05) is 0 Å². The number of hydrogen-bond acceptors (Lipinski definition) is 3. The van der Waals surface area contributed by atoms with Gasteiger partial charge >= 0.3 is 0 Å². The molecular formula is C14H27N3O. The maximum absolute atomic E-state index is 6.09. The van der Waals surface area contributed by atoms with Gasteiger partial charge in [-0.15, -0.1) is 0 Å². The largest absolute Gasteiger partial charge is 0.385 e. The monoisotopic (exact) mass is 253 g/mol. The number of aromatic nitrogens is 2. The number of nitrogens with two attached hydrogens (primary N) is 1. The van der Waals surface area contributed by atoms with E-state index in [0.717, 1.165) is 44.4 Å². The van der Waals surface area contributed by atoms with Crippen LogP contribution in [0, 0.1) is 0 Å². The molecule has 1 unspecified atom stereocenters. The Morgan fingerprint density at radius 2 is 2.11 bits per heavy atom. The van der Waals surface area contributed by atoms with Crippen molar-refractivity contribution in [3.8, 4) is 0 Å². The molecule has 104 valence electrons. The lowest BCUT2D eigenvalue weighted by Gasteiger charge is -2.13. The molecule has 0 amide bonds. The first-order chi connectivity index (χ1) is 8.71. The Morgan fingerprint density at radius 3 is 2.72 bits per heavy atom. The van der Waals surface area contributed by atoms with Crippen LogP contribution in [0.15, 0.2) is 12.3 Å². The van der Waals surface area contributed by atoms with Crippen molar-refractivity contribution < 1.29 is 4.74 Å². The minimum absolute atomic E-state index is 0.185. The smallest absolute Gasteiger partial charge is 0.0640 e. The molecule has 0 fully saturated rings. The first-order valence-electron chi connectivity index (χ1n) is 6.99. The molecule has 4 nitrogen and oxygen atoms in total. The lowest BCUT2D eigenvalue weighted by molar-refractivity contribution is 0.190. The predicted octanol–water partition coefficient (Wildman–Crippen LogP) is 2.54. The fraction of sp³-hybridized carbons (Fsp3) is 0.786. The zero-order valence-corrected chi connectivity index (χ0v) is 11.9. The average Bonchev–Trinajstić information content (AvgIpc) is 2.79. The summed E-state index contributed by atoms with van der Waals surface area (Å²) in [6.07, 6.45) is 7.19. The Morgan fingerprint density at radius 1 is 1.39 bits per heavy atom. The summed E-state index contributed by atoms with van der Waals surface area (Å²) in [6.45, 7) is 5.19. The molecule has 0 aromatic carbocycles. The molecule has 1 heterocycles. The first kappa shape index (κ1) is 15.2. The molecule has 2 N–H and O–H groups in total. The second kappa shape index (κ2) is 8.27. The Bertz CT molecular complexity index is 321. The molecule has 1 atom stereocenters. The second-order valence-corrected chi connectivity index (χ2v) is 4.86. The van der Waals surface area contributed by atoms with Crippen LogP contribution in [0.5, 0.6) is 0 Å². The van der Waals surface area contributed by atoms with E-state index in [1.54, 1.807) is 7.11 Å². The van der Waals surface area contributed by atoms with Crippen molar-refractivity contribution >= 4 is 0 Å². The van der Waals surface area contributed by atoms with Crippen molar-refractivity contribution in [3.63, 3.8) is 0 Å². The highest BCUT2D eigenvalue weighted by Crippen LogP contribution is 2.15. The summed E-state index contributed by atoms with van der Waals surface area (Å²) >= 11 is 0. The van der Waals surface area contributed by atoms with Crippen molar-refractivity contribution in [2.45, 2.75) is 58.0 Å². The number of rotatable bonds is 9. The molecule has 1 aromatic heterocycles. The van der Waals surface area contributed by atoms with Crippen LogP contribution in [0.25, 0.3) is 0 Å². The van der Waals surface area contributed by atoms with Gasteiger partial charge in [0, 0.05) is 32.4 Å². The van der Waals surface area contributed by atoms with Crippen LogP contribution in [0.3, 0.4) is 0 Å². The van der Waals surface area contributed by atoms with E-state index in [9.17, 15) is 0 Å². The van der Waals surface area contributed by atoms with Gasteiger partial charge in [0.15, 0.2) is 0 Å². The number of nitrogens with zero attached hydrogens (tertiary/aromatic N) is 2. The zero-order chi connectivity index (χ0) is 13.4. The van der Waals surface area contributed by atoms with Gasteiger partial charge in [-0.25, -0.2) is 0 Å². The molecule has 4 heteroatoms. The first-order valence-corrected chi connectivity index (χ1v) is 6.99. The molecule has 0 aliphatic carbocycles. The fourth-order valence-corrected chi connectivity index (χ4v) is 2.21. The van der Waals surface area contributed by atoms with Crippen LogP contribution in [0.4, 0.5) is 0 Å². The molecular weight excluding hydrogens is 226 g/mol. The minimum atomic E-state index is 0.185. The van der Waals surface area contributed by atoms with Crippen molar-refractivity contribution in [1.82, 2.24) is 9.78 Å². The molecule has 1 rings (SSSR count). The van der Waals surface area contributed by atoms with Crippen molar-refractivity contribution in [2.75, 3.05) is 13.7 Å². The summed E-state index contributed by atoms with van der Waals surface area (Å²) in [4.78, 5) is 0. The predicted molar refractivity (Wildman–Crippen MR) is 74.6 cm³/mol. The van der Waals surface area contributed by atoms with Gasteiger partial charge < -0.3 is 10.5 Å². The van der Waals surface area contributed by atoms with Crippen LogP contribution >= 0.6 is 0 Å². The molecule has 0 bridgehead atoms. The van der Waals surface area contributed by atoms with Crippen LogP contribution < -0.4 is 5.73 Å². The van der Waals surface area contributed by atoms with E-state index < -0.39 is 0 Å². The molecule has 0 aliphatic rings. The summed E-state index contributed by atoms with van der Waals surface area (Å²) in [5.74, 6) is 0. The van der Waals surface area contributed by atoms with Crippen LogP contribution in [0.1, 0.15) is 51.3 Å². The quantitative estimate of drug-likeness (QED) is 0.688. The third-order valence-corrected chi connectivity index (χ3v) is 3.37. The van der Waals surface area contributed by atoms with E-state index in [4.69, 9.17) is 10.5 Å². The van der Waals surface area contributed by atoms with Gasteiger partial charge in [-0.05, 0) is 31.7 Å². The number of methoxy groups -OCH3 is 1. The van der Waals surface area contributed by atoms with Gasteiger partial charge in [0.2, 0.25) is 0 Å². The highest BCUT2D eigenvalue weighted by Gasteiger charge is 2.10. The normalized spacial score (nSPS) is 13.2. The lowest BCUT2D eigenvalue weighted by atomic mass is 10.1. The lowest BCUT2D eigenvalue weighted by Crippen LogP contribution is -2.23. The molecule has 0 saturated carbocycles. The highest BCUT2D eigenvalue weighted by atomic mass is 16.5. The van der Waals surface area contributed by atoms with Crippen LogP contribution in [0.2, 0.25) is 0 Å². The average molecular weight is 253 g/mol. The molecule has 0 radical (unpaired) electrons. The van der Waals surface area contributed by atoms with E-state index in [1.165, 1.54) is 0 Å². The SMILES string of the molecule is CCC(CC)n1ccc(CC(N)CCCOC)n1. The van der Waals surface area contributed by atoms with Gasteiger partial charge in [0.25, 0.3) is 0 Å². The van der Waals surface area contributed by atoms with Crippen molar-refractivity contribution in [2.24, 2.45) is 5.73 Å². The Balaban J connectivity index is 2.43. The summed E-state index contributed by atoms with van der Waals surface area (Å²) < 4.78 is 7.11. The number of ether oxygens (including phenoxy) is 1. The highest BCUT2D eigenvalue weighted by molar-refractivity contribution is 5.02. The molecule has 18 heavy (non-hydrogen) atoms. The van der Waals surface area contributed by atoms with Gasteiger partial charge in [-0.3, -0.25) is 4.68 Å². The molecule has 1 aromatic rings. The Hall–Kier alpha value is -0.870.